The number of nitrogens with one attached hydrogen (secondary N) is 1. The fourth-order valence-electron chi connectivity index (χ4n) is 1.38. The summed E-state index contributed by atoms with van der Waals surface area (Å²) in [6, 6.07) is 6.52. The second-order valence-corrected chi connectivity index (χ2v) is 4.40. The smallest absolute Gasteiger partial charge is 0.325 e. The second-order valence-electron chi connectivity index (χ2n) is 3.99. The van der Waals surface area contributed by atoms with Gasteiger partial charge in [0.1, 0.15) is 6.54 Å². The summed E-state index contributed by atoms with van der Waals surface area (Å²) in [7, 11) is 2.68. The molecule has 0 bridgehead atoms. The molecule has 0 aliphatic rings. The molecule has 0 saturated carbocycles. The van der Waals surface area contributed by atoms with Crippen molar-refractivity contribution in [3.63, 3.8) is 0 Å². The lowest BCUT2D eigenvalue weighted by Crippen LogP contribution is -2.40. The van der Waals surface area contributed by atoms with Gasteiger partial charge in [-0.25, -0.2) is 0 Å². The Balaban J connectivity index is 2.51. The first-order chi connectivity index (χ1) is 9.45. The van der Waals surface area contributed by atoms with Gasteiger partial charge in [0, 0.05) is 7.05 Å². The SMILES string of the molecule is COC(=O)CN(C)C(=O)CNC(=O)c1ccccc1Cl. The van der Waals surface area contributed by atoms with Crippen molar-refractivity contribution < 1.29 is 19.1 Å². The number of halogens is 1. The van der Waals surface area contributed by atoms with E-state index in [4.69, 9.17) is 11.6 Å². The van der Waals surface area contributed by atoms with Crippen molar-refractivity contribution >= 4 is 29.4 Å². The normalized spacial score (nSPS) is 9.75. The average Bonchev–Trinajstić information content (AvgIpc) is 2.44. The molecule has 0 saturated heterocycles. The highest BCUT2D eigenvalue weighted by Gasteiger charge is 2.15. The van der Waals surface area contributed by atoms with Crippen molar-refractivity contribution in [2.24, 2.45) is 0 Å². The van der Waals surface area contributed by atoms with E-state index in [9.17, 15) is 14.4 Å². The molecule has 1 N–H and O–H groups in total. The molecular formula is C13H15ClN2O4. The molecule has 2 amide bonds. The highest BCUT2D eigenvalue weighted by Crippen LogP contribution is 2.14. The van der Waals surface area contributed by atoms with Crippen LogP contribution in [0.25, 0.3) is 0 Å². The topological polar surface area (TPSA) is 75.7 Å². The maximum absolute atomic E-state index is 11.8. The molecule has 0 heterocycles. The van der Waals surface area contributed by atoms with Crippen LogP contribution >= 0.6 is 11.6 Å². The third kappa shape index (κ3) is 4.55. The van der Waals surface area contributed by atoms with Crippen LogP contribution in [0.3, 0.4) is 0 Å². The predicted octanol–water partition coefficient (Wildman–Crippen LogP) is 0.701. The van der Waals surface area contributed by atoms with Gasteiger partial charge in [0.2, 0.25) is 5.91 Å². The molecule has 0 spiro atoms. The number of benzene rings is 1. The molecule has 108 valence electrons. The first kappa shape index (κ1) is 16.0. The lowest BCUT2D eigenvalue weighted by Gasteiger charge is -2.16. The zero-order valence-electron chi connectivity index (χ0n) is 11.2. The molecule has 7 heteroatoms. The van der Waals surface area contributed by atoms with Crippen LogP contribution in [0.2, 0.25) is 5.02 Å². The molecule has 1 rings (SSSR count). The summed E-state index contributed by atoms with van der Waals surface area (Å²) in [4.78, 5) is 35.7. The van der Waals surface area contributed by atoms with Crippen LogP contribution in [0.1, 0.15) is 10.4 Å². The van der Waals surface area contributed by atoms with E-state index in [1.54, 1.807) is 24.3 Å². The summed E-state index contributed by atoms with van der Waals surface area (Å²) in [5.41, 5.74) is 0.289. The van der Waals surface area contributed by atoms with Crippen molar-refractivity contribution in [3.05, 3.63) is 34.9 Å². The van der Waals surface area contributed by atoms with Gasteiger partial charge in [0.25, 0.3) is 5.91 Å². The van der Waals surface area contributed by atoms with Gasteiger partial charge in [-0.1, -0.05) is 23.7 Å². The van der Waals surface area contributed by atoms with Crippen molar-refractivity contribution in [2.45, 2.75) is 0 Å². The van der Waals surface area contributed by atoms with Gasteiger partial charge in [0.05, 0.1) is 24.2 Å². The van der Waals surface area contributed by atoms with Crippen LogP contribution in [0, 0.1) is 0 Å². The molecular weight excluding hydrogens is 284 g/mol. The van der Waals surface area contributed by atoms with Gasteiger partial charge in [0.15, 0.2) is 0 Å². The molecule has 20 heavy (non-hydrogen) atoms. The number of nitrogens with zero attached hydrogens (tertiary/aromatic N) is 1. The van der Waals surface area contributed by atoms with Crippen LogP contribution in [-0.2, 0) is 14.3 Å². The minimum absolute atomic E-state index is 0.169. The van der Waals surface area contributed by atoms with E-state index in [-0.39, 0.29) is 18.7 Å². The van der Waals surface area contributed by atoms with E-state index in [1.165, 1.54) is 19.1 Å². The van der Waals surface area contributed by atoms with Crippen molar-refractivity contribution in [3.8, 4) is 0 Å². The summed E-state index contributed by atoms with van der Waals surface area (Å²) >= 11 is 5.87. The van der Waals surface area contributed by atoms with Gasteiger partial charge in [-0.3, -0.25) is 14.4 Å². The van der Waals surface area contributed by atoms with Gasteiger partial charge in [-0.15, -0.1) is 0 Å². The number of hydrogen-bond donors (Lipinski definition) is 1. The largest absolute Gasteiger partial charge is 0.468 e. The van der Waals surface area contributed by atoms with Crippen LogP contribution in [0.4, 0.5) is 0 Å². The Morgan fingerprint density at radius 1 is 1.30 bits per heavy atom. The number of likely N-dealkylation sites (N-methyl/N-ethyl adjacent to an activating group) is 1. The summed E-state index contributed by atoms with van der Waals surface area (Å²) in [6.45, 7) is -0.394. The van der Waals surface area contributed by atoms with Crippen LogP contribution in [0.5, 0.6) is 0 Å². The maximum atomic E-state index is 11.8. The fourth-order valence-corrected chi connectivity index (χ4v) is 1.60. The van der Waals surface area contributed by atoms with Gasteiger partial charge < -0.3 is 15.0 Å². The lowest BCUT2D eigenvalue weighted by atomic mass is 10.2. The molecule has 0 aliphatic carbocycles. The lowest BCUT2D eigenvalue weighted by molar-refractivity contribution is -0.145. The minimum Gasteiger partial charge on any atom is -0.468 e. The average molecular weight is 299 g/mol. The maximum Gasteiger partial charge on any atom is 0.325 e. The summed E-state index contributed by atoms with van der Waals surface area (Å²) in [5.74, 6) is -1.38. The Kier molecular flexibility index (Phi) is 5.99. The number of ether oxygens (including phenoxy) is 1. The highest BCUT2D eigenvalue weighted by atomic mass is 35.5. The van der Waals surface area contributed by atoms with E-state index in [2.05, 4.69) is 10.1 Å². The fraction of sp³-hybridized carbons (Fsp3) is 0.308. The van der Waals surface area contributed by atoms with Crippen molar-refractivity contribution in [1.29, 1.82) is 0 Å². The summed E-state index contributed by atoms with van der Waals surface area (Å²) < 4.78 is 4.44. The number of hydrogen-bond acceptors (Lipinski definition) is 4. The Morgan fingerprint density at radius 2 is 1.95 bits per heavy atom. The van der Waals surface area contributed by atoms with Crippen LogP contribution in [-0.4, -0.2) is 49.9 Å². The predicted molar refractivity (Wildman–Crippen MR) is 73.4 cm³/mol. The molecule has 0 fully saturated rings. The number of amides is 2. The zero-order valence-corrected chi connectivity index (χ0v) is 11.9. The third-order valence-electron chi connectivity index (χ3n) is 2.54. The molecule has 0 atom stereocenters. The molecule has 1 aromatic carbocycles. The van der Waals surface area contributed by atoms with E-state index in [1.807, 2.05) is 0 Å². The van der Waals surface area contributed by atoms with Gasteiger partial charge in [-0.05, 0) is 12.1 Å². The second kappa shape index (κ2) is 7.49. The quantitative estimate of drug-likeness (QED) is 0.812. The highest BCUT2D eigenvalue weighted by molar-refractivity contribution is 6.33. The van der Waals surface area contributed by atoms with E-state index >= 15 is 0 Å². The molecule has 6 nitrogen and oxygen atoms in total. The van der Waals surface area contributed by atoms with Gasteiger partial charge in [-0.2, -0.15) is 0 Å². The Bertz CT molecular complexity index is 519. The first-order valence-electron chi connectivity index (χ1n) is 5.79. The summed E-state index contributed by atoms with van der Waals surface area (Å²) in [5, 5.41) is 2.75. The Hall–Kier alpha value is -2.08. The van der Waals surface area contributed by atoms with E-state index < -0.39 is 17.8 Å². The molecule has 0 unspecified atom stereocenters. The Morgan fingerprint density at radius 3 is 2.55 bits per heavy atom. The van der Waals surface area contributed by atoms with Crippen molar-refractivity contribution in [1.82, 2.24) is 10.2 Å². The number of carbonyl (C=O) groups is 3. The monoisotopic (exact) mass is 298 g/mol. The minimum atomic E-state index is -0.529. The number of rotatable bonds is 5. The molecule has 0 aliphatic heterocycles. The summed E-state index contributed by atoms with van der Waals surface area (Å²) in [6.07, 6.45) is 0. The number of carbonyl (C=O) groups excluding carboxylic acids is 3. The standard InChI is InChI=1S/C13H15ClN2O4/c1-16(8-12(18)20-2)11(17)7-15-13(19)9-5-3-4-6-10(9)14/h3-6H,7-8H2,1-2H3,(H,15,19). The first-order valence-corrected chi connectivity index (χ1v) is 6.17. The molecule has 0 aromatic heterocycles. The van der Waals surface area contributed by atoms with Gasteiger partial charge >= 0.3 is 5.97 Å². The molecule has 1 aromatic rings. The number of methoxy groups -OCH3 is 1. The number of esters is 1. The van der Waals surface area contributed by atoms with E-state index in [0.29, 0.717) is 5.02 Å². The van der Waals surface area contributed by atoms with Crippen LogP contribution in [0.15, 0.2) is 24.3 Å². The Labute approximate surface area is 121 Å². The molecule has 0 radical (unpaired) electrons. The van der Waals surface area contributed by atoms with Crippen molar-refractivity contribution in [2.75, 3.05) is 27.2 Å². The van der Waals surface area contributed by atoms with Crippen LogP contribution < -0.4 is 5.32 Å². The third-order valence-corrected chi connectivity index (χ3v) is 2.87. The zero-order chi connectivity index (χ0) is 15.1. The van der Waals surface area contributed by atoms with E-state index in [0.717, 1.165) is 0 Å².